The monoisotopic (exact) mass is 420 g/mol. The molecule has 3 aromatic rings. The van der Waals surface area contributed by atoms with Gasteiger partial charge in [-0.2, -0.15) is 0 Å². The number of carbonyl (C=O) groups is 1. The summed E-state index contributed by atoms with van der Waals surface area (Å²) in [5, 5.41) is 3.03. The predicted molar refractivity (Wildman–Crippen MR) is 114 cm³/mol. The summed E-state index contributed by atoms with van der Waals surface area (Å²) in [6.45, 7) is 0.665. The number of anilines is 3. The maximum absolute atomic E-state index is 14.5. The number of hydrogen-bond acceptors (Lipinski definition) is 6. The Bertz CT molecular complexity index is 1210. The summed E-state index contributed by atoms with van der Waals surface area (Å²) in [7, 11) is 0. The molecule has 5 rings (SSSR count). The minimum Gasteiger partial charge on any atom is -0.323 e. The largest absolute Gasteiger partial charge is 0.323 e. The maximum Gasteiger partial charge on any atom is 0.250 e. The van der Waals surface area contributed by atoms with E-state index >= 15 is 0 Å². The molecular weight excluding hydrogens is 399 g/mol. The van der Waals surface area contributed by atoms with Gasteiger partial charge >= 0.3 is 0 Å². The van der Waals surface area contributed by atoms with E-state index < -0.39 is 5.82 Å². The molecule has 0 atom stereocenters. The highest BCUT2D eigenvalue weighted by Gasteiger charge is 2.23. The normalized spacial score (nSPS) is 16.4. The Morgan fingerprint density at radius 3 is 2.71 bits per heavy atom. The van der Waals surface area contributed by atoms with Crippen molar-refractivity contribution in [3.8, 4) is 11.3 Å². The zero-order valence-corrected chi connectivity index (χ0v) is 16.8. The van der Waals surface area contributed by atoms with Crippen LogP contribution in [0.3, 0.4) is 0 Å². The van der Waals surface area contributed by atoms with Gasteiger partial charge in [0, 0.05) is 36.8 Å². The molecule has 0 spiro atoms. The van der Waals surface area contributed by atoms with Gasteiger partial charge < -0.3 is 14.8 Å². The third-order valence-corrected chi connectivity index (χ3v) is 5.79. The van der Waals surface area contributed by atoms with Crippen LogP contribution in [0.25, 0.3) is 11.3 Å². The lowest BCUT2D eigenvalue weighted by molar-refractivity contribution is -0.117. The van der Waals surface area contributed by atoms with Gasteiger partial charge in [-0.3, -0.25) is 14.6 Å². The van der Waals surface area contributed by atoms with Crippen molar-refractivity contribution in [1.29, 1.82) is 0 Å². The molecule has 0 radical (unpaired) electrons. The number of hydrogen-bond donors (Lipinski definition) is 1. The Morgan fingerprint density at radius 2 is 1.97 bits per heavy atom. The van der Waals surface area contributed by atoms with Crippen LogP contribution in [0.15, 0.2) is 47.8 Å². The number of halogens is 1. The highest BCUT2D eigenvalue weighted by molar-refractivity contribution is 5.95. The highest BCUT2D eigenvalue weighted by Crippen LogP contribution is 2.31. The molecule has 1 aliphatic carbocycles. The van der Waals surface area contributed by atoms with E-state index in [1.807, 2.05) is 0 Å². The second kappa shape index (κ2) is 7.90. The average molecular weight is 420 g/mol. The Hall–Kier alpha value is -3.62. The summed E-state index contributed by atoms with van der Waals surface area (Å²) >= 11 is 0. The van der Waals surface area contributed by atoms with Crippen molar-refractivity contribution in [2.45, 2.75) is 38.1 Å². The Kier molecular flexibility index (Phi) is 4.93. The Balaban J connectivity index is 1.43. The average Bonchev–Trinajstić information content (AvgIpc) is 3.16. The SMILES string of the molecule is O=C1CCCN1c1cncc(Nc2ncc(F)c(-c3ccc(=O)n(C4CCC4)c3)n2)c1. The smallest absolute Gasteiger partial charge is 0.250 e. The summed E-state index contributed by atoms with van der Waals surface area (Å²) in [5.74, 6) is -0.302. The molecule has 158 valence electrons. The molecule has 0 aromatic carbocycles. The number of carbonyl (C=O) groups excluding carboxylic acids is 1. The van der Waals surface area contributed by atoms with E-state index in [-0.39, 0.29) is 29.2 Å². The quantitative estimate of drug-likeness (QED) is 0.680. The third kappa shape index (κ3) is 3.78. The first-order valence-corrected chi connectivity index (χ1v) is 10.4. The van der Waals surface area contributed by atoms with Gasteiger partial charge in [0.2, 0.25) is 11.9 Å². The van der Waals surface area contributed by atoms with Crippen molar-refractivity contribution in [3.63, 3.8) is 0 Å². The number of pyridine rings is 2. The molecule has 1 N–H and O–H groups in total. The van der Waals surface area contributed by atoms with Crippen LogP contribution < -0.4 is 15.8 Å². The van der Waals surface area contributed by atoms with E-state index in [4.69, 9.17) is 0 Å². The van der Waals surface area contributed by atoms with Crippen LogP contribution in [0, 0.1) is 5.82 Å². The number of amides is 1. The minimum atomic E-state index is -0.570. The molecule has 8 nitrogen and oxygen atoms in total. The first-order valence-electron chi connectivity index (χ1n) is 10.4. The van der Waals surface area contributed by atoms with Gasteiger partial charge in [-0.25, -0.2) is 14.4 Å². The topological polar surface area (TPSA) is 93.0 Å². The van der Waals surface area contributed by atoms with E-state index in [0.29, 0.717) is 29.9 Å². The molecule has 2 aliphatic rings. The van der Waals surface area contributed by atoms with Crippen LogP contribution >= 0.6 is 0 Å². The number of aromatic nitrogens is 4. The number of rotatable bonds is 5. The number of nitrogens with one attached hydrogen (secondary N) is 1. The molecule has 3 aromatic heterocycles. The maximum atomic E-state index is 14.5. The summed E-state index contributed by atoms with van der Waals surface area (Å²) < 4.78 is 16.2. The van der Waals surface area contributed by atoms with Gasteiger partial charge in [0.15, 0.2) is 5.82 Å². The molecular formula is C22H21FN6O2. The van der Waals surface area contributed by atoms with Gasteiger partial charge in [-0.05, 0) is 37.8 Å². The van der Waals surface area contributed by atoms with Gasteiger partial charge in [-0.1, -0.05) is 0 Å². The lowest BCUT2D eigenvalue weighted by atomic mass is 9.92. The Morgan fingerprint density at radius 1 is 1.10 bits per heavy atom. The fraction of sp³-hybridized carbons (Fsp3) is 0.318. The van der Waals surface area contributed by atoms with Gasteiger partial charge in [0.05, 0.1) is 30.0 Å². The van der Waals surface area contributed by atoms with Crippen molar-refractivity contribution in [2.75, 3.05) is 16.8 Å². The van der Waals surface area contributed by atoms with Crippen molar-refractivity contribution >= 4 is 23.2 Å². The highest BCUT2D eigenvalue weighted by atomic mass is 19.1. The molecule has 0 bridgehead atoms. The first kappa shape index (κ1) is 19.3. The van der Waals surface area contributed by atoms with E-state index in [9.17, 15) is 14.0 Å². The predicted octanol–water partition coefficient (Wildman–Crippen LogP) is 3.43. The zero-order valence-electron chi connectivity index (χ0n) is 16.8. The molecule has 1 saturated heterocycles. The standard InChI is InChI=1S/C22H21FN6O2/c23-18-12-25-22(26-15-9-17(11-24-10-15)28-8-2-5-19(28)30)27-21(18)14-6-7-20(31)29(13-14)16-3-1-4-16/h6-7,9-13,16H,1-5,8H2,(H,25,26,27). The minimum absolute atomic E-state index is 0.0702. The fourth-order valence-electron chi connectivity index (χ4n) is 3.92. The zero-order chi connectivity index (χ0) is 21.4. The second-order valence-electron chi connectivity index (χ2n) is 7.84. The van der Waals surface area contributed by atoms with Gasteiger partial charge in [0.25, 0.3) is 5.56 Å². The molecule has 1 saturated carbocycles. The van der Waals surface area contributed by atoms with Crippen LogP contribution in [-0.4, -0.2) is 32.0 Å². The molecule has 31 heavy (non-hydrogen) atoms. The third-order valence-electron chi connectivity index (χ3n) is 5.79. The van der Waals surface area contributed by atoms with Crippen LogP contribution in [0.2, 0.25) is 0 Å². The molecule has 9 heteroatoms. The summed E-state index contributed by atoms with van der Waals surface area (Å²) in [4.78, 5) is 38.4. The van der Waals surface area contributed by atoms with E-state index in [2.05, 4.69) is 20.3 Å². The van der Waals surface area contributed by atoms with Crippen LogP contribution in [-0.2, 0) is 4.79 Å². The van der Waals surface area contributed by atoms with Crippen LogP contribution in [0.1, 0.15) is 38.1 Å². The van der Waals surface area contributed by atoms with Crippen LogP contribution in [0.5, 0.6) is 0 Å². The summed E-state index contributed by atoms with van der Waals surface area (Å²) in [6, 6.07) is 4.98. The lowest BCUT2D eigenvalue weighted by Gasteiger charge is -2.27. The van der Waals surface area contributed by atoms with Crippen molar-refractivity contribution in [1.82, 2.24) is 19.5 Å². The molecule has 1 aliphatic heterocycles. The van der Waals surface area contributed by atoms with Crippen LogP contribution in [0.4, 0.5) is 21.7 Å². The molecule has 0 unspecified atom stereocenters. The Labute approximate surface area is 177 Å². The van der Waals surface area contributed by atoms with E-state index in [0.717, 1.165) is 31.9 Å². The van der Waals surface area contributed by atoms with Crippen molar-refractivity contribution < 1.29 is 9.18 Å². The first-order chi connectivity index (χ1) is 15.1. The summed E-state index contributed by atoms with van der Waals surface area (Å²) in [5.41, 5.74) is 1.82. The van der Waals surface area contributed by atoms with E-state index in [1.165, 1.54) is 6.07 Å². The van der Waals surface area contributed by atoms with Gasteiger partial charge in [0.1, 0.15) is 5.69 Å². The molecule has 1 amide bonds. The summed E-state index contributed by atoms with van der Waals surface area (Å²) in [6.07, 6.45) is 10.3. The molecule has 2 fully saturated rings. The fourth-order valence-corrected chi connectivity index (χ4v) is 3.92. The van der Waals surface area contributed by atoms with Gasteiger partial charge in [-0.15, -0.1) is 0 Å². The van der Waals surface area contributed by atoms with E-state index in [1.54, 1.807) is 40.2 Å². The molecule has 4 heterocycles. The van der Waals surface area contributed by atoms with Crippen molar-refractivity contribution in [2.24, 2.45) is 0 Å². The number of nitrogens with zero attached hydrogens (tertiary/aromatic N) is 5. The van der Waals surface area contributed by atoms with Crippen molar-refractivity contribution in [3.05, 3.63) is 59.2 Å². The lowest BCUT2D eigenvalue weighted by Crippen LogP contribution is -2.28. The second-order valence-corrected chi connectivity index (χ2v) is 7.84.